The van der Waals surface area contributed by atoms with Gasteiger partial charge < -0.3 is 30.1 Å². The number of fused-ring (bicyclic) bond motifs is 4. The quantitative estimate of drug-likeness (QED) is 0.0604. The van der Waals surface area contributed by atoms with E-state index in [2.05, 4.69) is 47.6 Å². The molecule has 254 valence electrons. The number of furan rings is 1. The first-order valence-electron chi connectivity index (χ1n) is 14.7. The van der Waals surface area contributed by atoms with Gasteiger partial charge in [0.25, 0.3) is 0 Å². The van der Waals surface area contributed by atoms with Crippen LogP contribution in [0, 0.1) is 9.49 Å². The molecule has 8 rings (SSSR count). The molecule has 0 amide bonds. The molecule has 0 bridgehead atoms. The number of benzene rings is 3. The van der Waals surface area contributed by atoms with Crippen LogP contribution in [-0.2, 0) is 14.7 Å². The summed E-state index contributed by atoms with van der Waals surface area (Å²) < 4.78 is 12.3. The molecule has 1 aliphatic heterocycles. The number of nitrogens with zero attached hydrogens (tertiary/aromatic N) is 3. The number of aromatic nitrogens is 2. The standard InChI is InChI=1S/C17H10ClNO.C9H5ClIN.C8H9BO3.CH3N2O3.2Na/c18-14-7-8-19-15-9-12(5-6-13(14)15)17-10-11-3-1-2-4-16(11)20-17;10-8-3-4-12-9-5-6(11)1-2-7(8)9;10-9(11)8-5-6-3-1-2-4-7(6)12-8;2-3-1-5-6-4;;/h1-10H;1-5H;1-7,10-11H;1-2,4H;;/q;;;-1;2*+1/b;;;3-1+;;. The van der Waals surface area contributed by atoms with Crippen LogP contribution in [0.3, 0.4) is 0 Å². The van der Waals surface area contributed by atoms with E-state index in [1.165, 1.54) is 3.57 Å². The molecule has 3 aromatic carbocycles. The Kier molecular flexibility index (Phi) is 18.6. The summed E-state index contributed by atoms with van der Waals surface area (Å²) in [6.45, 7) is 0. The van der Waals surface area contributed by atoms with Crippen molar-refractivity contribution in [2.75, 3.05) is 0 Å². The molecule has 0 spiro atoms. The van der Waals surface area contributed by atoms with Crippen LogP contribution >= 0.6 is 45.8 Å². The first-order valence-corrected chi connectivity index (χ1v) is 16.6. The number of para-hydroxylation sites is 1. The van der Waals surface area contributed by atoms with Crippen LogP contribution in [0.1, 0.15) is 0 Å². The van der Waals surface area contributed by atoms with Crippen LogP contribution in [-0.4, -0.2) is 44.9 Å². The molecule has 1 aliphatic carbocycles. The normalized spacial score (nSPS) is 15.0. The van der Waals surface area contributed by atoms with Gasteiger partial charge in [-0.25, -0.2) is 5.26 Å². The Morgan fingerprint density at radius 1 is 0.865 bits per heavy atom. The molecule has 4 N–H and O–H groups in total. The van der Waals surface area contributed by atoms with Crippen molar-refractivity contribution in [2.45, 2.75) is 6.10 Å². The van der Waals surface area contributed by atoms with Gasteiger partial charge in [-0.05, 0) is 82.2 Å². The maximum Gasteiger partial charge on any atom is 1.00 e. The summed E-state index contributed by atoms with van der Waals surface area (Å²) in [4.78, 5) is 12.1. The third-order valence-corrected chi connectivity index (χ3v) is 8.53. The molecular weight excluding hydrogens is 843 g/mol. The zero-order chi connectivity index (χ0) is 35.5. The number of hydrogen-bond donors (Lipinski definition) is 3. The molecule has 0 radical (unpaired) electrons. The molecule has 6 aromatic rings. The second kappa shape index (κ2) is 22.0. The summed E-state index contributed by atoms with van der Waals surface area (Å²) in [7, 11) is -1.49. The second-order valence-electron chi connectivity index (χ2n) is 10.4. The fraction of sp³-hybridized carbons (Fsp3) is 0.0571. The third kappa shape index (κ3) is 12.0. The zero-order valence-electron chi connectivity index (χ0n) is 27.8. The number of allylic oxidation sites excluding steroid dienone is 2. The van der Waals surface area contributed by atoms with E-state index < -0.39 is 7.12 Å². The van der Waals surface area contributed by atoms with Crippen LogP contribution < -0.4 is 59.1 Å². The summed E-state index contributed by atoms with van der Waals surface area (Å²) in [6.07, 6.45) is 13.4. The van der Waals surface area contributed by atoms with E-state index in [-0.39, 0.29) is 76.8 Å². The second-order valence-corrected chi connectivity index (χ2v) is 12.5. The number of hydrogen-bond acceptors (Lipinski definition) is 10. The van der Waals surface area contributed by atoms with Gasteiger partial charge in [-0.3, -0.25) is 14.9 Å². The molecule has 52 heavy (non-hydrogen) atoms. The van der Waals surface area contributed by atoms with Gasteiger partial charge in [-0.1, -0.05) is 77.8 Å². The Balaban J connectivity index is 0.000000199. The van der Waals surface area contributed by atoms with Crippen molar-refractivity contribution in [3.8, 4) is 11.3 Å². The van der Waals surface area contributed by atoms with Gasteiger partial charge >= 0.3 is 66.2 Å². The monoisotopic (exact) mass is 869 g/mol. The van der Waals surface area contributed by atoms with Gasteiger partial charge in [0.2, 0.25) is 6.40 Å². The minimum Gasteiger partial charge on any atom is -0.614 e. The molecule has 2 atom stereocenters. The van der Waals surface area contributed by atoms with Crippen molar-refractivity contribution in [3.05, 3.63) is 147 Å². The molecule has 0 saturated heterocycles. The van der Waals surface area contributed by atoms with Crippen molar-refractivity contribution in [2.24, 2.45) is 11.0 Å². The van der Waals surface area contributed by atoms with Crippen LogP contribution in [0.15, 0.2) is 137 Å². The van der Waals surface area contributed by atoms with E-state index in [4.69, 9.17) is 53.5 Å². The minimum absolute atomic E-state index is 0. The summed E-state index contributed by atoms with van der Waals surface area (Å²) >= 11 is 14.4. The van der Waals surface area contributed by atoms with E-state index >= 15 is 0 Å². The van der Waals surface area contributed by atoms with Crippen LogP contribution in [0.4, 0.5) is 0 Å². The van der Waals surface area contributed by atoms with E-state index in [9.17, 15) is 0 Å². The van der Waals surface area contributed by atoms with Crippen molar-refractivity contribution >= 4 is 92.1 Å². The Labute approximate surface area is 366 Å². The Morgan fingerprint density at radius 2 is 1.52 bits per heavy atom. The first-order chi connectivity index (χ1) is 24.3. The zero-order valence-corrected chi connectivity index (χ0v) is 35.5. The number of nitrogens with one attached hydrogen (secondary N) is 1. The molecule has 2 unspecified atom stereocenters. The Bertz CT molecular complexity index is 2180. The molecule has 2 aliphatic rings. The topological polar surface area (TPSA) is 163 Å². The van der Waals surface area contributed by atoms with Crippen molar-refractivity contribution in [1.29, 1.82) is 0 Å². The first kappa shape index (κ1) is 43.9. The predicted octanol–water partition coefficient (Wildman–Crippen LogP) is 3.23. The van der Waals surface area contributed by atoms with Crippen molar-refractivity contribution in [3.63, 3.8) is 0 Å². The number of pyridine rings is 2. The van der Waals surface area contributed by atoms with E-state index in [0.29, 0.717) is 11.4 Å². The molecule has 3 aromatic heterocycles. The van der Waals surface area contributed by atoms with E-state index in [1.54, 1.807) is 30.6 Å². The fourth-order valence-corrected chi connectivity index (χ4v) is 5.83. The number of ether oxygens (including phenoxy) is 1. The van der Waals surface area contributed by atoms with Gasteiger partial charge in [-0.2, -0.15) is 0 Å². The van der Waals surface area contributed by atoms with E-state index in [0.717, 1.165) is 49.1 Å². The van der Waals surface area contributed by atoms with Gasteiger partial charge in [0, 0.05) is 43.6 Å². The van der Waals surface area contributed by atoms with Crippen LogP contribution in [0.25, 0.3) is 49.9 Å². The molecule has 17 heteroatoms. The SMILES string of the molecule is Clc1ccnc2cc(-c3cc4ccccc4o3)ccc12.Clc1ccnc2cc(I)ccc12.OB(O)C1=CC2C=CC=CC2O1.[NH-]/N=C/OOO.[Na+].[Na+]. The number of rotatable bonds is 4. The van der Waals surface area contributed by atoms with Gasteiger partial charge in [0.05, 0.1) is 21.1 Å². The fourth-order valence-electron chi connectivity index (χ4n) is 4.92. The van der Waals surface area contributed by atoms with Crippen LogP contribution in [0.5, 0.6) is 0 Å². The van der Waals surface area contributed by atoms with Crippen molar-refractivity contribution in [1.82, 2.24) is 9.97 Å². The average molecular weight is 870 g/mol. The predicted molar refractivity (Wildman–Crippen MR) is 204 cm³/mol. The van der Waals surface area contributed by atoms with Gasteiger partial charge in [-0.15, -0.1) is 0 Å². The summed E-state index contributed by atoms with van der Waals surface area (Å²) in [5.74, 6) is 6.96. The maximum absolute atomic E-state index is 8.81. The van der Waals surface area contributed by atoms with Crippen molar-refractivity contribution < 1.29 is 93.5 Å². The van der Waals surface area contributed by atoms with Gasteiger partial charge in [0.15, 0.2) is 0 Å². The molecule has 4 heterocycles. The molecule has 0 fully saturated rings. The Hall–Kier alpha value is -2.48. The van der Waals surface area contributed by atoms with Crippen LogP contribution in [0.2, 0.25) is 10.0 Å². The number of halogens is 3. The summed E-state index contributed by atoms with van der Waals surface area (Å²) in [5.41, 5.74) is 3.97. The minimum atomic E-state index is -1.49. The summed E-state index contributed by atoms with van der Waals surface area (Å²) in [5, 5.41) is 35.0. The van der Waals surface area contributed by atoms with E-state index in [1.807, 2.05) is 91.0 Å². The molecular formula is C35H27BCl2IN4Na2O7+. The summed E-state index contributed by atoms with van der Waals surface area (Å²) in [6, 6.07) is 25.6. The smallest absolute Gasteiger partial charge is 0.614 e. The third-order valence-electron chi connectivity index (χ3n) is 7.20. The maximum atomic E-state index is 8.81. The average Bonchev–Trinajstić information content (AvgIpc) is 3.77. The Morgan fingerprint density at radius 3 is 2.13 bits per heavy atom. The largest absolute Gasteiger partial charge is 1.00 e. The molecule has 0 saturated carbocycles. The van der Waals surface area contributed by atoms with Gasteiger partial charge in [0.1, 0.15) is 23.1 Å². The molecule has 11 nitrogen and oxygen atoms in total.